The molecule has 6 N–H and O–H groups in total. The van der Waals surface area contributed by atoms with Crippen LogP contribution in [0.4, 0.5) is 0 Å². The lowest BCUT2D eigenvalue weighted by Gasteiger charge is -2.27. The van der Waals surface area contributed by atoms with Gasteiger partial charge in [-0.1, -0.05) is 79.7 Å². The third-order valence-corrected chi connectivity index (χ3v) is 8.63. The number of nitrogens with one attached hydrogen (secondary N) is 4. The van der Waals surface area contributed by atoms with Crippen LogP contribution in [0.2, 0.25) is 0 Å². The lowest BCUT2D eigenvalue weighted by molar-refractivity contribution is -0.145. The maximum absolute atomic E-state index is 13.9. The van der Waals surface area contributed by atoms with Crippen molar-refractivity contribution in [2.45, 2.75) is 75.7 Å². The number of hydrogen-bond donors (Lipinski definition) is 6. The molecule has 2 aliphatic heterocycles. The van der Waals surface area contributed by atoms with E-state index in [2.05, 4.69) is 21.3 Å². The lowest BCUT2D eigenvalue weighted by atomic mass is 9.97. The summed E-state index contributed by atoms with van der Waals surface area (Å²) >= 11 is 0. The Morgan fingerprint density at radius 2 is 1.43 bits per heavy atom. The molecule has 6 atom stereocenters. The maximum Gasteiger partial charge on any atom is 0.326 e. The minimum absolute atomic E-state index is 0.0123. The Morgan fingerprint density at radius 1 is 0.796 bits per heavy atom. The standard InChI is InChI=1S/C35H41N5O9/c1-21-24(15-14-22-9-4-2-5-10-22)37-32(44)26(19-23-11-6-3-7-12-23)36-29(41)20-27(35(48)49)39-33(45)28-13-8-18-40(28)30(42)17-16-25(34(46)47)38-31(21)43/h2-7,9-12,14-15,21,24-28H,8,13,16-20H2,1H3,(H,36,41)(H,37,44)(H,38,43)(H,39,45)(H,46,47)(H,48,49)/b15-14+/t21-,24+,25-,26-,27-,28-/m0/s1. The lowest BCUT2D eigenvalue weighted by Crippen LogP contribution is -2.55. The summed E-state index contributed by atoms with van der Waals surface area (Å²) in [6.07, 6.45) is 2.70. The Kier molecular flexibility index (Phi) is 12.6. The van der Waals surface area contributed by atoms with Crippen molar-refractivity contribution in [3.63, 3.8) is 0 Å². The van der Waals surface area contributed by atoms with Gasteiger partial charge in [-0.3, -0.25) is 24.0 Å². The Hall–Kier alpha value is -5.53. The first-order valence-corrected chi connectivity index (χ1v) is 16.2. The number of fused-ring (bicyclic) bond motifs is 1. The second kappa shape index (κ2) is 17.0. The minimum Gasteiger partial charge on any atom is -0.480 e. The number of carbonyl (C=O) groups is 7. The first-order chi connectivity index (χ1) is 23.4. The first kappa shape index (κ1) is 36.3. The van der Waals surface area contributed by atoms with Gasteiger partial charge in [-0.25, -0.2) is 9.59 Å². The summed E-state index contributed by atoms with van der Waals surface area (Å²) in [4.78, 5) is 92.5. The third kappa shape index (κ3) is 10.2. The van der Waals surface area contributed by atoms with Crippen molar-refractivity contribution >= 4 is 47.6 Å². The predicted molar refractivity (Wildman–Crippen MR) is 176 cm³/mol. The Balaban J connectivity index is 1.70. The fourth-order valence-electron chi connectivity index (χ4n) is 5.82. The number of benzene rings is 2. The van der Waals surface area contributed by atoms with Crippen LogP contribution in [0.25, 0.3) is 6.08 Å². The summed E-state index contributed by atoms with van der Waals surface area (Å²) in [5.74, 6) is -7.39. The molecule has 0 spiro atoms. The zero-order chi connectivity index (χ0) is 35.5. The fourth-order valence-corrected chi connectivity index (χ4v) is 5.82. The molecule has 5 amide bonds. The van der Waals surface area contributed by atoms with Crippen LogP contribution < -0.4 is 21.3 Å². The van der Waals surface area contributed by atoms with Gasteiger partial charge in [0, 0.05) is 19.4 Å². The number of amides is 5. The third-order valence-electron chi connectivity index (χ3n) is 8.63. The molecule has 14 heteroatoms. The summed E-state index contributed by atoms with van der Waals surface area (Å²) in [6.45, 7) is 1.71. The van der Waals surface area contributed by atoms with Gasteiger partial charge in [0.05, 0.1) is 18.4 Å². The molecule has 2 aromatic carbocycles. The van der Waals surface area contributed by atoms with Crippen LogP contribution in [0.1, 0.15) is 50.2 Å². The zero-order valence-corrected chi connectivity index (χ0v) is 27.0. The summed E-state index contributed by atoms with van der Waals surface area (Å²) < 4.78 is 0. The van der Waals surface area contributed by atoms with Gasteiger partial charge < -0.3 is 36.4 Å². The highest BCUT2D eigenvalue weighted by atomic mass is 16.4. The van der Waals surface area contributed by atoms with Gasteiger partial charge in [0.25, 0.3) is 0 Å². The average Bonchev–Trinajstić information content (AvgIpc) is 3.58. The van der Waals surface area contributed by atoms with E-state index in [9.17, 15) is 43.8 Å². The predicted octanol–water partition coefficient (Wildman–Crippen LogP) is 0.862. The number of carboxylic acids is 2. The smallest absolute Gasteiger partial charge is 0.326 e. The Bertz CT molecular complexity index is 1570. The number of carboxylic acid groups (broad SMARTS) is 2. The van der Waals surface area contributed by atoms with E-state index in [0.29, 0.717) is 12.0 Å². The van der Waals surface area contributed by atoms with E-state index in [-0.39, 0.29) is 32.2 Å². The minimum atomic E-state index is -1.66. The quantitative estimate of drug-likeness (QED) is 0.256. The summed E-state index contributed by atoms with van der Waals surface area (Å²) in [5.41, 5.74) is 1.44. The Morgan fingerprint density at radius 3 is 2.08 bits per heavy atom. The number of nitrogens with zero attached hydrogens (tertiary/aromatic N) is 1. The molecule has 0 aromatic heterocycles. The molecule has 0 unspecified atom stereocenters. The summed E-state index contributed by atoms with van der Waals surface area (Å²) in [5, 5.41) is 30.0. The average molecular weight is 676 g/mol. The van der Waals surface area contributed by atoms with Crippen LogP contribution in [-0.2, 0) is 40.0 Å². The van der Waals surface area contributed by atoms with E-state index >= 15 is 0 Å². The van der Waals surface area contributed by atoms with Crippen LogP contribution in [0.15, 0.2) is 66.7 Å². The second-order valence-corrected chi connectivity index (χ2v) is 12.2. The van der Waals surface area contributed by atoms with Crippen LogP contribution in [0, 0.1) is 5.92 Å². The van der Waals surface area contributed by atoms with Crippen LogP contribution in [0.5, 0.6) is 0 Å². The van der Waals surface area contributed by atoms with E-state index in [4.69, 9.17) is 0 Å². The highest BCUT2D eigenvalue weighted by molar-refractivity contribution is 5.94. The summed E-state index contributed by atoms with van der Waals surface area (Å²) in [7, 11) is 0. The molecule has 49 heavy (non-hydrogen) atoms. The molecule has 2 heterocycles. The molecule has 14 nitrogen and oxygen atoms in total. The molecule has 2 saturated heterocycles. The number of rotatable bonds is 6. The molecule has 0 bridgehead atoms. The van der Waals surface area contributed by atoms with Crippen LogP contribution >= 0.6 is 0 Å². The molecule has 0 aliphatic carbocycles. The Labute approximate surface area is 283 Å². The fraction of sp³-hybridized carbons (Fsp3) is 0.400. The zero-order valence-electron chi connectivity index (χ0n) is 27.0. The van der Waals surface area contributed by atoms with E-state index < -0.39 is 84.0 Å². The maximum atomic E-state index is 13.9. The number of carbonyl (C=O) groups excluding carboxylic acids is 5. The van der Waals surface area contributed by atoms with Gasteiger partial charge in [-0.15, -0.1) is 0 Å². The molecule has 260 valence electrons. The van der Waals surface area contributed by atoms with Crippen molar-refractivity contribution < 1.29 is 43.8 Å². The SMILES string of the molecule is C[C@@H]1C(=O)N[C@H](C(=O)O)CCC(=O)N2CCC[C@H]2C(=O)N[C@H](C(=O)O)CC(=O)N[C@@H](Cc2ccccc2)C(=O)N[C@@H]1/C=C/c1ccccc1. The summed E-state index contributed by atoms with van der Waals surface area (Å²) in [6, 6.07) is 11.5. The van der Waals surface area contributed by atoms with Gasteiger partial charge in [0.2, 0.25) is 29.5 Å². The number of hydrogen-bond acceptors (Lipinski definition) is 7. The normalized spacial score (nSPS) is 26.3. The van der Waals surface area contributed by atoms with Crippen LogP contribution in [0.3, 0.4) is 0 Å². The van der Waals surface area contributed by atoms with Gasteiger partial charge >= 0.3 is 11.9 Å². The second-order valence-electron chi connectivity index (χ2n) is 12.2. The van der Waals surface area contributed by atoms with Crippen molar-refractivity contribution in [2.75, 3.05) is 6.54 Å². The highest BCUT2D eigenvalue weighted by Crippen LogP contribution is 2.20. The highest BCUT2D eigenvalue weighted by Gasteiger charge is 2.38. The largest absolute Gasteiger partial charge is 0.480 e. The topological polar surface area (TPSA) is 211 Å². The molecular formula is C35H41N5O9. The monoisotopic (exact) mass is 675 g/mol. The van der Waals surface area contributed by atoms with E-state index in [1.807, 2.05) is 30.3 Å². The first-order valence-electron chi connectivity index (χ1n) is 16.2. The van der Waals surface area contributed by atoms with Gasteiger partial charge in [-0.2, -0.15) is 0 Å². The molecule has 0 radical (unpaired) electrons. The van der Waals surface area contributed by atoms with Crippen LogP contribution in [-0.4, -0.2) is 93.3 Å². The van der Waals surface area contributed by atoms with Crippen molar-refractivity contribution in [1.82, 2.24) is 26.2 Å². The van der Waals surface area contributed by atoms with Gasteiger partial charge in [-0.05, 0) is 30.4 Å². The number of aliphatic carboxylic acids is 2. The molecular weight excluding hydrogens is 634 g/mol. The van der Waals surface area contributed by atoms with Crippen molar-refractivity contribution in [2.24, 2.45) is 5.92 Å². The molecule has 2 fully saturated rings. The van der Waals surface area contributed by atoms with E-state index in [1.165, 1.54) is 11.8 Å². The van der Waals surface area contributed by atoms with Gasteiger partial charge in [0.15, 0.2) is 0 Å². The molecule has 4 rings (SSSR count). The molecule has 2 aliphatic rings. The van der Waals surface area contributed by atoms with E-state index in [0.717, 1.165) is 5.56 Å². The van der Waals surface area contributed by atoms with Crippen molar-refractivity contribution in [3.05, 3.63) is 77.9 Å². The molecule has 0 saturated carbocycles. The van der Waals surface area contributed by atoms with E-state index in [1.54, 1.807) is 42.5 Å². The van der Waals surface area contributed by atoms with Crippen molar-refractivity contribution in [3.8, 4) is 0 Å². The van der Waals surface area contributed by atoms with Crippen molar-refractivity contribution in [1.29, 1.82) is 0 Å². The van der Waals surface area contributed by atoms with Gasteiger partial charge in [0.1, 0.15) is 24.2 Å². The molecule has 2 aromatic rings.